The van der Waals surface area contributed by atoms with Crippen molar-refractivity contribution in [1.82, 2.24) is 4.57 Å². The molecule has 1 aromatic heterocycles. The summed E-state index contributed by atoms with van der Waals surface area (Å²) < 4.78 is 71.9. The average Bonchev–Trinajstić information content (AvgIpc) is 3.42. The zero-order valence-corrected chi connectivity index (χ0v) is 23.6. The van der Waals surface area contributed by atoms with Crippen molar-refractivity contribution in [2.75, 3.05) is 5.32 Å². The van der Waals surface area contributed by atoms with Gasteiger partial charge >= 0.3 is 59.1 Å². The molecule has 0 saturated heterocycles. The van der Waals surface area contributed by atoms with Gasteiger partial charge in [0.1, 0.15) is 25.9 Å². The molecule has 1 saturated carbocycles. The fraction of sp³-hybridized carbons (Fsp3) is 0.167. The van der Waals surface area contributed by atoms with E-state index in [4.69, 9.17) is 0 Å². The van der Waals surface area contributed by atoms with E-state index < -0.39 is 46.5 Å². The van der Waals surface area contributed by atoms with Gasteiger partial charge in [-0.2, -0.15) is 0 Å². The van der Waals surface area contributed by atoms with Crippen molar-refractivity contribution in [3.05, 3.63) is 58.4 Å². The zero-order valence-electron chi connectivity index (χ0n) is 17.9. The first-order valence-corrected chi connectivity index (χ1v) is 11.8. The summed E-state index contributed by atoms with van der Waals surface area (Å²) in [6, 6.07) is 6.17. The molecule has 1 heterocycles. The Kier molecular flexibility index (Phi) is 8.79. The molecule has 0 bridgehead atoms. The van der Waals surface area contributed by atoms with Crippen LogP contribution in [0.4, 0.5) is 11.4 Å². The third kappa shape index (κ3) is 5.73. The quantitative estimate of drug-likeness (QED) is 0.144. The summed E-state index contributed by atoms with van der Waals surface area (Å²) in [6.07, 6.45) is 2.60. The van der Waals surface area contributed by atoms with Gasteiger partial charge in [0, 0.05) is 22.9 Å². The van der Waals surface area contributed by atoms with Gasteiger partial charge in [-0.3, -0.25) is 14.9 Å². The number of anilines is 1. The molecule has 2 aromatic carbocycles. The van der Waals surface area contributed by atoms with Gasteiger partial charge in [0.05, 0.1) is 26.6 Å². The Bertz CT molecular complexity index is 1510. The second-order valence-electron chi connectivity index (χ2n) is 7.13. The van der Waals surface area contributed by atoms with Crippen molar-refractivity contribution in [2.45, 2.75) is 28.7 Å². The molecule has 16 heteroatoms. The van der Waals surface area contributed by atoms with E-state index in [9.17, 15) is 40.8 Å². The predicted molar refractivity (Wildman–Crippen MR) is 107 cm³/mol. The van der Waals surface area contributed by atoms with Crippen molar-refractivity contribution in [3.63, 3.8) is 0 Å². The van der Waals surface area contributed by atoms with E-state index in [0.717, 1.165) is 36.4 Å². The number of fused-ring (bicyclic) bond motifs is 1. The van der Waals surface area contributed by atoms with E-state index in [2.05, 4.69) is 5.32 Å². The molecule has 3 aromatic rings. The number of carbonyl (C=O) groups excluding carboxylic acids is 1. The van der Waals surface area contributed by atoms with Crippen LogP contribution in [0, 0.1) is 10.1 Å². The van der Waals surface area contributed by atoms with Crippen LogP contribution in [-0.2, 0) is 20.2 Å². The molecule has 1 fully saturated rings. The van der Waals surface area contributed by atoms with Crippen molar-refractivity contribution in [3.8, 4) is 0 Å². The summed E-state index contributed by atoms with van der Waals surface area (Å²) in [7, 11) is -10.2. The summed E-state index contributed by atoms with van der Waals surface area (Å²) in [6.45, 7) is 0. The molecule has 4 rings (SSSR count). The normalized spacial score (nSPS) is 13.6. The topological polar surface area (TPSA) is 192 Å². The Morgan fingerprint density at radius 3 is 2.18 bits per heavy atom. The smallest absolute Gasteiger partial charge is 0.744 e. The van der Waals surface area contributed by atoms with Gasteiger partial charge in [-0.05, 0) is 25.0 Å². The van der Waals surface area contributed by atoms with Crippen LogP contribution in [0.1, 0.15) is 29.4 Å². The molecule has 1 aliphatic rings. The van der Waals surface area contributed by atoms with E-state index in [0.29, 0.717) is 12.8 Å². The van der Waals surface area contributed by atoms with E-state index >= 15 is 0 Å². The molecule has 1 aliphatic carbocycles. The number of carbonyl (C=O) groups is 1. The predicted octanol–water partition coefficient (Wildman–Crippen LogP) is -4.05. The molecule has 34 heavy (non-hydrogen) atoms. The van der Waals surface area contributed by atoms with Gasteiger partial charge in [-0.1, -0.05) is 18.2 Å². The molecule has 1 N–H and O–H groups in total. The van der Waals surface area contributed by atoms with Crippen LogP contribution in [0.5, 0.6) is 0 Å². The minimum Gasteiger partial charge on any atom is -0.744 e. The van der Waals surface area contributed by atoms with Crippen LogP contribution in [0.15, 0.2) is 52.4 Å². The summed E-state index contributed by atoms with van der Waals surface area (Å²) in [5.74, 6) is -0.901. The number of amides is 1. The molecule has 0 atom stereocenters. The van der Waals surface area contributed by atoms with Crippen molar-refractivity contribution >= 4 is 48.3 Å². The van der Waals surface area contributed by atoms with E-state index in [-0.39, 0.29) is 87.3 Å². The monoisotopic (exact) mass is 525 g/mol. The fourth-order valence-electron chi connectivity index (χ4n) is 3.47. The molecule has 0 aliphatic heterocycles. The first-order valence-electron chi connectivity index (χ1n) is 9.03. The Morgan fingerprint density at radius 2 is 1.65 bits per heavy atom. The minimum atomic E-state index is -5.25. The van der Waals surface area contributed by atoms with E-state index in [1.54, 1.807) is 0 Å². The summed E-state index contributed by atoms with van der Waals surface area (Å²) in [5, 5.41) is 12.7. The molecule has 0 spiro atoms. The maximum atomic E-state index is 12.8. The van der Waals surface area contributed by atoms with Crippen LogP contribution in [0.3, 0.4) is 0 Å². The maximum Gasteiger partial charge on any atom is 1.00 e. The first-order chi connectivity index (χ1) is 14.9. The second-order valence-corrected chi connectivity index (χ2v) is 9.80. The van der Waals surface area contributed by atoms with Gasteiger partial charge in [0.2, 0.25) is 0 Å². The third-order valence-electron chi connectivity index (χ3n) is 4.96. The standard InChI is InChI=1S/C18H15N3O9S2.2Na/c22-18(15-8-11(21(23)24)9-20(15)10-4-5-10)19-14-7-6-12-13(17(14)32(28,29)30)2-1-3-16(12)31(25,26)27;;/h1-3,6-10H,4-5H2,(H,19,22)(H,25,26,27)(H,28,29,30);;/q;2*+1/p-2. The summed E-state index contributed by atoms with van der Waals surface area (Å²) in [4.78, 5) is 21.6. The van der Waals surface area contributed by atoms with Gasteiger partial charge in [0.15, 0.2) is 0 Å². The summed E-state index contributed by atoms with van der Waals surface area (Å²) >= 11 is 0. The molecular formula is C18H13N3Na2O9S2. The number of hydrogen-bond acceptors (Lipinski definition) is 9. The SMILES string of the molecule is O=C(Nc1ccc2c(S(=O)(=O)[O-])cccc2c1S(=O)(=O)[O-])c1cc([N+](=O)[O-])cn1C1CC1.[Na+].[Na+]. The number of rotatable bonds is 6. The number of benzene rings is 2. The molecule has 0 unspecified atom stereocenters. The Hall–Kier alpha value is -1.33. The molecule has 168 valence electrons. The number of hydrogen-bond donors (Lipinski definition) is 1. The molecular weight excluding hydrogens is 512 g/mol. The van der Waals surface area contributed by atoms with Gasteiger partial charge in [-0.15, -0.1) is 0 Å². The second kappa shape index (κ2) is 10.3. The Labute approximate surface area is 237 Å². The van der Waals surface area contributed by atoms with Crippen molar-refractivity contribution in [1.29, 1.82) is 0 Å². The largest absolute Gasteiger partial charge is 1.00 e. The first kappa shape index (κ1) is 28.9. The Morgan fingerprint density at radius 1 is 1.00 bits per heavy atom. The maximum absolute atomic E-state index is 12.8. The molecule has 0 radical (unpaired) electrons. The van der Waals surface area contributed by atoms with Crippen LogP contribution in [0.25, 0.3) is 10.8 Å². The third-order valence-corrected chi connectivity index (χ3v) is 6.79. The average molecular weight is 525 g/mol. The summed E-state index contributed by atoms with van der Waals surface area (Å²) in [5.41, 5.74) is -0.892. The van der Waals surface area contributed by atoms with Crippen LogP contribution in [0.2, 0.25) is 0 Å². The Balaban J connectivity index is 0.00000204. The van der Waals surface area contributed by atoms with Crippen molar-refractivity contribution in [2.24, 2.45) is 0 Å². The minimum absolute atomic E-state index is 0. The molecule has 1 amide bonds. The zero-order chi connectivity index (χ0) is 23.4. The van der Waals surface area contributed by atoms with E-state index in [1.807, 2.05) is 0 Å². The van der Waals surface area contributed by atoms with Crippen LogP contribution in [-0.4, -0.2) is 41.3 Å². The molecule has 12 nitrogen and oxygen atoms in total. The van der Waals surface area contributed by atoms with E-state index in [1.165, 1.54) is 10.8 Å². The van der Waals surface area contributed by atoms with Crippen LogP contribution < -0.4 is 64.4 Å². The number of nitrogens with zero attached hydrogens (tertiary/aromatic N) is 2. The number of nitrogens with one attached hydrogen (secondary N) is 1. The fourth-order valence-corrected chi connectivity index (χ4v) is 5.00. The van der Waals surface area contributed by atoms with Gasteiger partial charge in [0.25, 0.3) is 11.6 Å². The van der Waals surface area contributed by atoms with Crippen molar-refractivity contribution < 1.29 is 94.8 Å². The van der Waals surface area contributed by atoms with Gasteiger partial charge < -0.3 is 19.0 Å². The van der Waals surface area contributed by atoms with Crippen LogP contribution >= 0.6 is 0 Å². The van der Waals surface area contributed by atoms with Gasteiger partial charge in [-0.25, -0.2) is 16.8 Å². The number of nitro groups is 1. The number of aromatic nitrogens is 1.